The van der Waals surface area contributed by atoms with Crippen LogP contribution in [0.4, 0.5) is 12.9 Å². The van der Waals surface area contributed by atoms with Crippen molar-refractivity contribution in [1.29, 1.82) is 0 Å². The van der Waals surface area contributed by atoms with Crippen molar-refractivity contribution in [3.8, 4) is 0 Å². The first kappa shape index (κ1) is 9.33. The summed E-state index contributed by atoms with van der Waals surface area (Å²) in [4.78, 5) is 0. The van der Waals surface area contributed by atoms with E-state index < -0.39 is 13.3 Å². The molecular weight excluding hydrogens is 196 g/mol. The Hall–Kier alpha value is 0.335. The van der Waals surface area contributed by atoms with Gasteiger partial charge in [0.05, 0.1) is 0 Å². The van der Waals surface area contributed by atoms with E-state index in [1.165, 1.54) is 0 Å². The molecule has 0 bridgehead atoms. The van der Waals surface area contributed by atoms with Gasteiger partial charge in [-0.2, -0.15) is 0 Å². The van der Waals surface area contributed by atoms with Crippen LogP contribution in [0, 0.1) is 0 Å². The zero-order valence-electron chi connectivity index (χ0n) is 4.92. The molecule has 0 aliphatic rings. The van der Waals surface area contributed by atoms with E-state index in [0.29, 0.717) is 11.8 Å². The van der Waals surface area contributed by atoms with Gasteiger partial charge in [-0.1, -0.05) is 28.7 Å². The number of hydrogen-bond donors (Lipinski definition) is 0. The van der Waals surface area contributed by atoms with Crippen LogP contribution in [0.5, 0.6) is 0 Å². The van der Waals surface area contributed by atoms with Gasteiger partial charge in [-0.3, -0.25) is 0 Å². The lowest BCUT2D eigenvalue weighted by Crippen LogP contribution is -2.13. The maximum atomic E-state index is 11.4. The van der Waals surface area contributed by atoms with Crippen LogP contribution in [0.3, 0.4) is 0 Å². The molecule has 0 radical (unpaired) electrons. The van der Waals surface area contributed by atoms with Gasteiger partial charge in [0.1, 0.15) is 0 Å². The molecule has 0 saturated carbocycles. The van der Waals surface area contributed by atoms with E-state index in [-0.39, 0.29) is 6.42 Å². The predicted molar refractivity (Wildman–Crippen MR) is 36.9 cm³/mol. The fourth-order valence-electron chi connectivity index (χ4n) is 0.470. The highest BCUT2D eigenvalue weighted by molar-refractivity contribution is 9.09. The molecule has 0 aromatic rings. The summed E-state index contributed by atoms with van der Waals surface area (Å²) in [5.74, 6) is 0. The van der Waals surface area contributed by atoms with Gasteiger partial charge in [0.15, 0.2) is 0 Å². The number of unbranched alkanes of at least 4 members (excludes halogenated alkanes) is 1. The molecule has 0 N–H and O–H groups in total. The molecule has 0 unspecified atom stereocenters. The molecule has 5 heteroatoms. The lowest BCUT2D eigenvalue weighted by Gasteiger charge is -2.11. The third kappa shape index (κ3) is 8.33. The fraction of sp³-hybridized carbons (Fsp3) is 1.00. The highest BCUT2D eigenvalue weighted by Gasteiger charge is 2.20. The van der Waals surface area contributed by atoms with Gasteiger partial charge in [0.25, 0.3) is 0 Å². The van der Waals surface area contributed by atoms with Crippen molar-refractivity contribution >= 4 is 22.9 Å². The van der Waals surface area contributed by atoms with Gasteiger partial charge in [-0.25, -0.2) is 0 Å². The third-order valence-corrected chi connectivity index (χ3v) is 1.48. The molecule has 0 saturated heterocycles. The molecule has 0 spiro atoms. The second kappa shape index (κ2) is 4.20. The van der Waals surface area contributed by atoms with Crippen molar-refractivity contribution in [3.05, 3.63) is 0 Å². The number of rotatable bonds is 4. The number of alkyl halides is 1. The molecule has 0 fully saturated rings. The summed E-state index contributed by atoms with van der Waals surface area (Å²) in [6.07, 6.45) is 0.279. The van der Waals surface area contributed by atoms with E-state index >= 15 is 0 Å². The highest BCUT2D eigenvalue weighted by Crippen LogP contribution is 2.17. The Kier molecular flexibility index (Phi) is 4.35. The van der Waals surface area contributed by atoms with Crippen LogP contribution >= 0.6 is 15.9 Å². The molecule has 0 aromatic carbocycles. The van der Waals surface area contributed by atoms with Gasteiger partial charge >= 0.3 is 6.98 Å². The minimum atomic E-state index is -4.53. The maximum absolute atomic E-state index is 11.4. The lowest BCUT2D eigenvalue weighted by molar-refractivity contribution is 0.463. The number of hydrogen-bond acceptors (Lipinski definition) is 0. The van der Waals surface area contributed by atoms with Gasteiger partial charge < -0.3 is 12.9 Å². The summed E-state index contributed by atoms with van der Waals surface area (Å²) >= 11 is 3.06. The van der Waals surface area contributed by atoms with Crippen molar-refractivity contribution in [1.82, 2.24) is 0 Å². The number of halogens is 4. The topological polar surface area (TPSA) is 0 Å². The summed E-state index contributed by atoms with van der Waals surface area (Å²) in [5.41, 5.74) is 0. The van der Waals surface area contributed by atoms with E-state index in [9.17, 15) is 12.9 Å². The largest absolute Gasteiger partial charge is 0.478 e. The molecule has 0 amide bonds. The van der Waals surface area contributed by atoms with Crippen molar-refractivity contribution in [2.24, 2.45) is 0 Å². The first-order chi connectivity index (χ1) is 4.06. The van der Waals surface area contributed by atoms with Gasteiger partial charge in [0.2, 0.25) is 0 Å². The summed E-state index contributed by atoms with van der Waals surface area (Å²) in [7, 11) is 0. The predicted octanol–water partition coefficient (Wildman–Crippen LogP) is 3.01. The quantitative estimate of drug-likeness (QED) is 0.375. The molecular formula is C4H8BBrF3-. The van der Waals surface area contributed by atoms with Crippen molar-refractivity contribution in [2.75, 3.05) is 5.33 Å². The van der Waals surface area contributed by atoms with E-state index in [1.54, 1.807) is 0 Å². The van der Waals surface area contributed by atoms with Crippen LogP contribution in [-0.2, 0) is 0 Å². The molecule has 0 rings (SSSR count). The summed E-state index contributed by atoms with van der Waals surface area (Å²) in [6, 6.07) is 0. The Bertz CT molecular complexity index is 72.7. The Morgan fingerprint density at radius 2 is 1.67 bits per heavy atom. The molecule has 0 aliphatic heterocycles. The van der Waals surface area contributed by atoms with Crippen LogP contribution in [0.25, 0.3) is 0 Å². The summed E-state index contributed by atoms with van der Waals surface area (Å²) in [6.45, 7) is -4.53. The molecule has 0 nitrogen and oxygen atoms in total. The molecule has 0 heterocycles. The SMILES string of the molecule is F[B-](F)(F)CCCCBr. The summed E-state index contributed by atoms with van der Waals surface area (Å²) < 4.78 is 34.3. The van der Waals surface area contributed by atoms with E-state index in [1.807, 2.05) is 0 Å². The minimum Gasteiger partial charge on any atom is -0.449 e. The van der Waals surface area contributed by atoms with Crippen LogP contribution in [0.1, 0.15) is 12.8 Å². The second-order valence-electron chi connectivity index (χ2n) is 1.90. The Morgan fingerprint density at radius 1 is 1.11 bits per heavy atom. The monoisotopic (exact) mass is 203 g/mol. The lowest BCUT2D eigenvalue weighted by atomic mass is 9.84. The molecule has 9 heavy (non-hydrogen) atoms. The Labute approximate surface area is 61.0 Å². The van der Waals surface area contributed by atoms with E-state index in [0.717, 1.165) is 0 Å². The smallest absolute Gasteiger partial charge is 0.449 e. The van der Waals surface area contributed by atoms with Crippen LogP contribution in [0.15, 0.2) is 0 Å². The fourth-order valence-corrected chi connectivity index (χ4v) is 0.867. The standard InChI is InChI=1S/C4H8BBrF3/c6-4-2-1-3-5(7,8)9/h1-4H2/q-1. The Balaban J connectivity index is 3.07. The normalized spacial score (nSPS) is 12.0. The second-order valence-corrected chi connectivity index (χ2v) is 2.69. The van der Waals surface area contributed by atoms with E-state index in [4.69, 9.17) is 0 Å². The maximum Gasteiger partial charge on any atom is 0.478 e. The zero-order chi connectivity index (χ0) is 7.33. The molecule has 0 aliphatic carbocycles. The zero-order valence-corrected chi connectivity index (χ0v) is 6.50. The first-order valence-electron chi connectivity index (χ1n) is 2.83. The van der Waals surface area contributed by atoms with Gasteiger partial charge in [-0.15, -0.1) is 0 Å². The average molecular weight is 204 g/mol. The van der Waals surface area contributed by atoms with E-state index in [2.05, 4.69) is 15.9 Å². The summed E-state index contributed by atoms with van der Waals surface area (Å²) in [5, 5.41) is 0.666. The third-order valence-electron chi connectivity index (χ3n) is 0.915. The van der Waals surface area contributed by atoms with Crippen LogP contribution < -0.4 is 0 Å². The molecule has 56 valence electrons. The van der Waals surface area contributed by atoms with Gasteiger partial charge in [0, 0.05) is 5.33 Å². The van der Waals surface area contributed by atoms with Gasteiger partial charge in [-0.05, 0) is 6.42 Å². The van der Waals surface area contributed by atoms with Crippen LogP contribution in [0.2, 0.25) is 6.32 Å². The first-order valence-corrected chi connectivity index (χ1v) is 3.95. The van der Waals surface area contributed by atoms with Crippen molar-refractivity contribution in [2.45, 2.75) is 19.2 Å². The van der Waals surface area contributed by atoms with Crippen molar-refractivity contribution < 1.29 is 12.9 Å². The van der Waals surface area contributed by atoms with Crippen LogP contribution in [-0.4, -0.2) is 12.3 Å². The Morgan fingerprint density at radius 3 is 2.00 bits per heavy atom. The highest BCUT2D eigenvalue weighted by atomic mass is 79.9. The molecule has 0 aromatic heterocycles. The average Bonchev–Trinajstić information content (AvgIpc) is 1.63. The minimum absolute atomic E-state index is 0.259. The molecule has 0 atom stereocenters. The van der Waals surface area contributed by atoms with Crippen molar-refractivity contribution in [3.63, 3.8) is 0 Å².